The maximum absolute atomic E-state index is 12.1. The Morgan fingerprint density at radius 1 is 1.12 bits per heavy atom. The average Bonchev–Trinajstić information content (AvgIpc) is 3.07. The molecule has 2 aromatic rings. The summed E-state index contributed by atoms with van der Waals surface area (Å²) < 4.78 is 10.7. The first kappa shape index (κ1) is 17.0. The third-order valence-corrected chi connectivity index (χ3v) is 4.50. The molecule has 130 valence electrons. The minimum Gasteiger partial charge on any atom is -0.493 e. The lowest BCUT2D eigenvalue weighted by Crippen LogP contribution is -2.24. The van der Waals surface area contributed by atoms with Crippen molar-refractivity contribution < 1.29 is 14.3 Å². The molecule has 1 atom stereocenters. The highest BCUT2D eigenvalue weighted by atomic mass is 16.5. The van der Waals surface area contributed by atoms with Crippen LogP contribution in [0.25, 0.3) is 0 Å². The van der Waals surface area contributed by atoms with Crippen LogP contribution in [0.1, 0.15) is 36.1 Å². The van der Waals surface area contributed by atoms with Crippen molar-refractivity contribution in [1.29, 1.82) is 0 Å². The molecule has 0 unspecified atom stereocenters. The molecule has 25 heavy (non-hydrogen) atoms. The summed E-state index contributed by atoms with van der Waals surface area (Å²) in [7, 11) is 3.21. The SMILES string of the molecule is COc1ccc(C2=NN(C(C)=O)[C@@H](c3ccccc3C)C2)cc1OC. The minimum absolute atomic E-state index is 0.0660. The fourth-order valence-electron chi connectivity index (χ4n) is 3.19. The highest BCUT2D eigenvalue weighted by molar-refractivity contribution is 6.03. The lowest BCUT2D eigenvalue weighted by Gasteiger charge is -2.22. The van der Waals surface area contributed by atoms with E-state index in [1.54, 1.807) is 26.2 Å². The lowest BCUT2D eigenvalue weighted by molar-refractivity contribution is -0.130. The number of methoxy groups -OCH3 is 2. The Bertz CT molecular complexity index is 829. The summed E-state index contributed by atoms with van der Waals surface area (Å²) in [4.78, 5) is 12.1. The third kappa shape index (κ3) is 3.22. The van der Waals surface area contributed by atoms with Gasteiger partial charge in [-0.3, -0.25) is 4.79 Å². The van der Waals surface area contributed by atoms with Gasteiger partial charge in [0.25, 0.3) is 0 Å². The molecule has 0 N–H and O–H groups in total. The Hall–Kier alpha value is -2.82. The zero-order valence-electron chi connectivity index (χ0n) is 14.9. The number of hydrogen-bond acceptors (Lipinski definition) is 4. The maximum atomic E-state index is 12.1. The fraction of sp³-hybridized carbons (Fsp3) is 0.300. The summed E-state index contributed by atoms with van der Waals surface area (Å²) >= 11 is 0. The topological polar surface area (TPSA) is 51.1 Å². The molecule has 0 bridgehead atoms. The standard InChI is InChI=1S/C20H22N2O3/c1-13-7-5-6-8-16(13)18-12-17(21-22(18)14(2)23)15-9-10-19(24-3)20(11-15)25-4/h5-11,18H,12H2,1-4H3/t18-/m1/s1. The molecule has 0 aliphatic carbocycles. The zero-order valence-corrected chi connectivity index (χ0v) is 14.9. The number of rotatable bonds is 4. The fourth-order valence-corrected chi connectivity index (χ4v) is 3.19. The van der Waals surface area contributed by atoms with Crippen molar-refractivity contribution in [2.75, 3.05) is 14.2 Å². The summed E-state index contributed by atoms with van der Waals surface area (Å²) in [6, 6.07) is 13.7. The molecular formula is C20H22N2O3. The second-order valence-electron chi connectivity index (χ2n) is 6.06. The molecule has 1 aliphatic heterocycles. The van der Waals surface area contributed by atoms with E-state index in [1.165, 1.54) is 0 Å². The van der Waals surface area contributed by atoms with Crippen LogP contribution < -0.4 is 9.47 Å². The average molecular weight is 338 g/mol. The Morgan fingerprint density at radius 3 is 2.48 bits per heavy atom. The number of amides is 1. The molecular weight excluding hydrogens is 316 g/mol. The summed E-state index contributed by atoms with van der Waals surface area (Å²) in [6.07, 6.45) is 0.667. The number of carbonyl (C=O) groups excluding carboxylic acids is 1. The zero-order chi connectivity index (χ0) is 18.0. The molecule has 5 heteroatoms. The Labute approximate surface area is 147 Å². The first-order chi connectivity index (χ1) is 12.0. The molecule has 1 aliphatic rings. The molecule has 0 saturated heterocycles. The van der Waals surface area contributed by atoms with Gasteiger partial charge < -0.3 is 9.47 Å². The molecule has 0 saturated carbocycles. The monoisotopic (exact) mass is 338 g/mol. The normalized spacial score (nSPS) is 16.6. The van der Waals surface area contributed by atoms with Gasteiger partial charge in [-0.15, -0.1) is 0 Å². The molecule has 1 heterocycles. The van der Waals surface area contributed by atoms with E-state index in [4.69, 9.17) is 9.47 Å². The number of carbonyl (C=O) groups is 1. The van der Waals surface area contributed by atoms with Gasteiger partial charge in [-0.25, -0.2) is 5.01 Å². The second-order valence-corrected chi connectivity index (χ2v) is 6.06. The molecule has 2 aromatic carbocycles. The largest absolute Gasteiger partial charge is 0.493 e. The van der Waals surface area contributed by atoms with Crippen LogP contribution >= 0.6 is 0 Å². The number of nitrogens with zero attached hydrogens (tertiary/aromatic N) is 2. The highest BCUT2D eigenvalue weighted by Crippen LogP contribution is 2.36. The number of hydrazone groups is 1. The van der Waals surface area contributed by atoms with Crippen LogP contribution in [0.2, 0.25) is 0 Å². The van der Waals surface area contributed by atoms with Crippen molar-refractivity contribution in [3.8, 4) is 11.5 Å². The first-order valence-electron chi connectivity index (χ1n) is 8.20. The van der Waals surface area contributed by atoms with Gasteiger partial charge in [-0.2, -0.15) is 5.10 Å². The Morgan fingerprint density at radius 2 is 1.84 bits per heavy atom. The van der Waals surface area contributed by atoms with Crippen LogP contribution in [0, 0.1) is 6.92 Å². The van der Waals surface area contributed by atoms with Gasteiger partial charge in [0.1, 0.15) is 0 Å². The highest BCUT2D eigenvalue weighted by Gasteiger charge is 2.32. The molecule has 0 aromatic heterocycles. The first-order valence-corrected chi connectivity index (χ1v) is 8.20. The third-order valence-electron chi connectivity index (χ3n) is 4.50. The Kier molecular flexibility index (Phi) is 4.74. The van der Waals surface area contributed by atoms with E-state index < -0.39 is 0 Å². The summed E-state index contributed by atoms with van der Waals surface area (Å²) in [5.74, 6) is 1.25. The van der Waals surface area contributed by atoms with Crippen LogP contribution in [0.4, 0.5) is 0 Å². The quantitative estimate of drug-likeness (QED) is 0.854. The van der Waals surface area contributed by atoms with E-state index in [-0.39, 0.29) is 11.9 Å². The summed E-state index contributed by atoms with van der Waals surface area (Å²) in [6.45, 7) is 3.61. The van der Waals surface area contributed by atoms with Crippen molar-refractivity contribution in [3.63, 3.8) is 0 Å². The molecule has 3 rings (SSSR count). The van der Waals surface area contributed by atoms with Crippen LogP contribution in [-0.4, -0.2) is 30.8 Å². The van der Waals surface area contributed by atoms with Gasteiger partial charge in [0, 0.05) is 18.9 Å². The van der Waals surface area contributed by atoms with Crippen molar-refractivity contribution in [2.45, 2.75) is 26.3 Å². The van der Waals surface area contributed by atoms with Gasteiger partial charge in [0.15, 0.2) is 11.5 Å². The molecule has 1 amide bonds. The van der Waals surface area contributed by atoms with Crippen LogP contribution in [-0.2, 0) is 4.79 Å². The van der Waals surface area contributed by atoms with E-state index in [1.807, 2.05) is 30.3 Å². The van der Waals surface area contributed by atoms with Crippen molar-refractivity contribution in [2.24, 2.45) is 5.10 Å². The smallest absolute Gasteiger partial charge is 0.240 e. The van der Waals surface area contributed by atoms with Crippen LogP contribution in [0.15, 0.2) is 47.6 Å². The predicted molar refractivity (Wildman–Crippen MR) is 97.1 cm³/mol. The van der Waals surface area contributed by atoms with Crippen LogP contribution in [0.3, 0.4) is 0 Å². The number of ether oxygens (including phenoxy) is 2. The number of aryl methyl sites for hydroxylation is 1. The van der Waals surface area contributed by atoms with Gasteiger partial charge in [-0.1, -0.05) is 24.3 Å². The van der Waals surface area contributed by atoms with Crippen molar-refractivity contribution >= 4 is 11.6 Å². The van der Waals surface area contributed by atoms with E-state index in [0.717, 1.165) is 22.4 Å². The Balaban J connectivity index is 1.98. The summed E-state index contributed by atoms with van der Waals surface area (Å²) in [5, 5.41) is 6.17. The summed E-state index contributed by atoms with van der Waals surface area (Å²) in [5.41, 5.74) is 4.07. The number of hydrogen-bond donors (Lipinski definition) is 0. The molecule has 0 radical (unpaired) electrons. The number of benzene rings is 2. The lowest BCUT2D eigenvalue weighted by atomic mass is 9.95. The molecule has 5 nitrogen and oxygen atoms in total. The minimum atomic E-state index is -0.0817. The van der Waals surface area contributed by atoms with E-state index in [0.29, 0.717) is 17.9 Å². The van der Waals surface area contributed by atoms with Crippen molar-refractivity contribution in [1.82, 2.24) is 5.01 Å². The van der Waals surface area contributed by atoms with Gasteiger partial charge in [-0.05, 0) is 36.2 Å². The second kappa shape index (κ2) is 6.97. The van der Waals surface area contributed by atoms with Crippen molar-refractivity contribution in [3.05, 3.63) is 59.2 Å². The molecule has 0 spiro atoms. The maximum Gasteiger partial charge on any atom is 0.240 e. The van der Waals surface area contributed by atoms with Crippen LogP contribution in [0.5, 0.6) is 11.5 Å². The predicted octanol–water partition coefficient (Wildman–Crippen LogP) is 3.71. The van der Waals surface area contributed by atoms with E-state index in [9.17, 15) is 4.79 Å². The van der Waals surface area contributed by atoms with Gasteiger partial charge in [0.2, 0.25) is 5.91 Å². The van der Waals surface area contributed by atoms with E-state index >= 15 is 0 Å². The van der Waals surface area contributed by atoms with Gasteiger partial charge >= 0.3 is 0 Å². The van der Waals surface area contributed by atoms with E-state index in [2.05, 4.69) is 24.2 Å². The molecule has 0 fully saturated rings. The van der Waals surface area contributed by atoms with Gasteiger partial charge in [0.05, 0.1) is 26.0 Å².